The van der Waals surface area contributed by atoms with Gasteiger partial charge in [-0.3, -0.25) is 4.90 Å². The largest absolute Gasteiger partial charge is 0.320 e. The standard InChI is InChI=1S/C17H28N2.C2H6/c1-15(10-11-18-2)8-9-17-13-19(14-17)12-16-6-4-3-5-7-16;1-2/h3-7,15,17-18H,8-14H2,1-2H3;1-2H3. The summed E-state index contributed by atoms with van der Waals surface area (Å²) < 4.78 is 0. The maximum Gasteiger partial charge on any atom is 0.0233 e. The molecule has 120 valence electrons. The Morgan fingerprint density at radius 3 is 2.43 bits per heavy atom. The Kier molecular flexibility index (Phi) is 9.36. The van der Waals surface area contributed by atoms with Crippen molar-refractivity contribution in [3.8, 4) is 0 Å². The molecule has 0 spiro atoms. The lowest BCUT2D eigenvalue weighted by atomic mass is 9.89. The van der Waals surface area contributed by atoms with Gasteiger partial charge >= 0.3 is 0 Å². The number of hydrogen-bond acceptors (Lipinski definition) is 2. The smallest absolute Gasteiger partial charge is 0.0233 e. The molecule has 2 heteroatoms. The molecule has 1 unspecified atom stereocenters. The van der Waals surface area contributed by atoms with Crippen LogP contribution in [0.4, 0.5) is 0 Å². The van der Waals surface area contributed by atoms with Gasteiger partial charge in [0.1, 0.15) is 0 Å². The van der Waals surface area contributed by atoms with E-state index in [1.807, 2.05) is 20.9 Å². The lowest BCUT2D eigenvalue weighted by Gasteiger charge is -2.40. The summed E-state index contributed by atoms with van der Waals surface area (Å²) in [5.74, 6) is 1.82. The Labute approximate surface area is 131 Å². The fourth-order valence-electron chi connectivity index (χ4n) is 2.89. The number of nitrogens with zero attached hydrogens (tertiary/aromatic N) is 1. The highest BCUT2D eigenvalue weighted by Crippen LogP contribution is 2.25. The number of likely N-dealkylation sites (tertiary alicyclic amines) is 1. The third-order valence-corrected chi connectivity index (χ3v) is 4.24. The molecule has 21 heavy (non-hydrogen) atoms. The van der Waals surface area contributed by atoms with Gasteiger partial charge in [0.15, 0.2) is 0 Å². The predicted octanol–water partition coefficient (Wildman–Crippen LogP) is 4.17. The van der Waals surface area contributed by atoms with Crippen LogP contribution in [-0.4, -0.2) is 31.6 Å². The second-order valence-corrected chi connectivity index (χ2v) is 6.12. The molecule has 1 atom stereocenters. The zero-order chi connectivity index (χ0) is 15.5. The summed E-state index contributed by atoms with van der Waals surface area (Å²) in [6.45, 7) is 11.3. The Hall–Kier alpha value is -0.860. The average Bonchev–Trinajstić information content (AvgIpc) is 2.50. The van der Waals surface area contributed by atoms with E-state index < -0.39 is 0 Å². The molecule has 1 N–H and O–H groups in total. The van der Waals surface area contributed by atoms with Crippen LogP contribution in [0, 0.1) is 11.8 Å². The second kappa shape index (κ2) is 10.8. The average molecular weight is 290 g/mol. The number of benzene rings is 1. The lowest BCUT2D eigenvalue weighted by molar-refractivity contribution is 0.0817. The maximum atomic E-state index is 3.24. The van der Waals surface area contributed by atoms with E-state index in [1.165, 1.54) is 37.9 Å². The van der Waals surface area contributed by atoms with Crippen LogP contribution in [0.25, 0.3) is 0 Å². The molecule has 1 aliphatic rings. The summed E-state index contributed by atoms with van der Waals surface area (Å²) in [6.07, 6.45) is 4.12. The molecule has 2 rings (SSSR count). The molecule has 1 fully saturated rings. The van der Waals surface area contributed by atoms with Crippen molar-refractivity contribution in [2.24, 2.45) is 11.8 Å². The molecule has 1 aromatic carbocycles. The highest BCUT2D eigenvalue weighted by molar-refractivity contribution is 5.14. The van der Waals surface area contributed by atoms with Crippen LogP contribution in [0.5, 0.6) is 0 Å². The highest BCUT2D eigenvalue weighted by atomic mass is 15.2. The predicted molar refractivity (Wildman–Crippen MR) is 93.5 cm³/mol. The van der Waals surface area contributed by atoms with Crippen LogP contribution in [0.2, 0.25) is 0 Å². The van der Waals surface area contributed by atoms with Crippen molar-refractivity contribution >= 4 is 0 Å². The van der Waals surface area contributed by atoms with E-state index in [1.54, 1.807) is 0 Å². The van der Waals surface area contributed by atoms with Crippen molar-refractivity contribution in [3.63, 3.8) is 0 Å². The normalized spacial score (nSPS) is 16.8. The summed E-state index contributed by atoms with van der Waals surface area (Å²) >= 11 is 0. The Bertz CT molecular complexity index is 344. The first-order valence-corrected chi connectivity index (χ1v) is 8.69. The Morgan fingerprint density at radius 1 is 1.14 bits per heavy atom. The first-order valence-electron chi connectivity index (χ1n) is 8.69. The number of hydrogen-bond donors (Lipinski definition) is 1. The van der Waals surface area contributed by atoms with Gasteiger partial charge in [0.25, 0.3) is 0 Å². The number of nitrogens with one attached hydrogen (secondary N) is 1. The molecule has 2 nitrogen and oxygen atoms in total. The fraction of sp³-hybridized carbons (Fsp3) is 0.684. The van der Waals surface area contributed by atoms with Gasteiger partial charge in [0, 0.05) is 19.6 Å². The van der Waals surface area contributed by atoms with Crippen LogP contribution >= 0.6 is 0 Å². The Morgan fingerprint density at radius 2 is 1.81 bits per heavy atom. The van der Waals surface area contributed by atoms with Gasteiger partial charge in [-0.15, -0.1) is 0 Å². The quantitative estimate of drug-likeness (QED) is 0.773. The van der Waals surface area contributed by atoms with Gasteiger partial charge in [-0.1, -0.05) is 57.5 Å². The molecule has 0 aliphatic carbocycles. The van der Waals surface area contributed by atoms with Crippen LogP contribution in [0.3, 0.4) is 0 Å². The highest BCUT2D eigenvalue weighted by Gasteiger charge is 2.26. The van der Waals surface area contributed by atoms with E-state index in [0.717, 1.165) is 24.9 Å². The van der Waals surface area contributed by atoms with Crippen LogP contribution < -0.4 is 5.32 Å². The molecule has 0 aromatic heterocycles. The van der Waals surface area contributed by atoms with Crippen LogP contribution in [0.15, 0.2) is 30.3 Å². The summed E-state index contributed by atoms with van der Waals surface area (Å²) in [7, 11) is 2.04. The molecule has 0 radical (unpaired) electrons. The fourth-order valence-corrected chi connectivity index (χ4v) is 2.89. The molecule has 0 saturated carbocycles. The van der Waals surface area contributed by atoms with Crippen molar-refractivity contribution < 1.29 is 0 Å². The topological polar surface area (TPSA) is 15.3 Å². The molecule has 1 heterocycles. The van der Waals surface area contributed by atoms with Gasteiger partial charge in [-0.2, -0.15) is 0 Å². The van der Waals surface area contributed by atoms with Gasteiger partial charge < -0.3 is 5.32 Å². The first kappa shape index (κ1) is 18.2. The van der Waals surface area contributed by atoms with Crippen LogP contribution in [-0.2, 0) is 6.54 Å². The third-order valence-electron chi connectivity index (χ3n) is 4.24. The van der Waals surface area contributed by atoms with Crippen molar-refractivity contribution in [3.05, 3.63) is 35.9 Å². The van der Waals surface area contributed by atoms with Crippen molar-refractivity contribution in [2.45, 2.75) is 46.6 Å². The molecular weight excluding hydrogens is 256 g/mol. The van der Waals surface area contributed by atoms with Gasteiger partial charge in [-0.25, -0.2) is 0 Å². The molecule has 0 bridgehead atoms. The summed E-state index contributed by atoms with van der Waals surface area (Å²) in [5, 5.41) is 3.24. The molecule has 1 aliphatic heterocycles. The van der Waals surface area contributed by atoms with Crippen molar-refractivity contribution in [1.29, 1.82) is 0 Å². The van der Waals surface area contributed by atoms with Gasteiger partial charge in [-0.05, 0) is 43.8 Å². The summed E-state index contributed by atoms with van der Waals surface area (Å²) in [4.78, 5) is 2.57. The molecule has 1 saturated heterocycles. The Balaban J connectivity index is 0.00000106. The van der Waals surface area contributed by atoms with E-state index in [9.17, 15) is 0 Å². The molecule has 1 aromatic rings. The zero-order valence-corrected chi connectivity index (χ0v) is 14.4. The van der Waals surface area contributed by atoms with E-state index in [2.05, 4.69) is 47.5 Å². The maximum absolute atomic E-state index is 3.24. The zero-order valence-electron chi connectivity index (χ0n) is 14.4. The van der Waals surface area contributed by atoms with E-state index in [-0.39, 0.29) is 0 Å². The molecule has 0 amide bonds. The van der Waals surface area contributed by atoms with Gasteiger partial charge in [0.05, 0.1) is 0 Å². The van der Waals surface area contributed by atoms with E-state index in [4.69, 9.17) is 0 Å². The van der Waals surface area contributed by atoms with Gasteiger partial charge in [0.2, 0.25) is 0 Å². The van der Waals surface area contributed by atoms with E-state index in [0.29, 0.717) is 0 Å². The first-order chi connectivity index (χ1) is 10.3. The van der Waals surface area contributed by atoms with Crippen molar-refractivity contribution in [1.82, 2.24) is 10.2 Å². The van der Waals surface area contributed by atoms with E-state index >= 15 is 0 Å². The third kappa shape index (κ3) is 7.10. The summed E-state index contributed by atoms with van der Waals surface area (Å²) in [6, 6.07) is 10.8. The molecular formula is C19H34N2. The minimum atomic E-state index is 0.871. The van der Waals surface area contributed by atoms with Crippen molar-refractivity contribution in [2.75, 3.05) is 26.7 Å². The minimum absolute atomic E-state index is 0.871. The minimum Gasteiger partial charge on any atom is -0.320 e. The SMILES string of the molecule is CC.CNCCC(C)CCC1CN(Cc2ccccc2)C1. The summed E-state index contributed by atoms with van der Waals surface area (Å²) in [5.41, 5.74) is 1.45. The second-order valence-electron chi connectivity index (χ2n) is 6.12. The monoisotopic (exact) mass is 290 g/mol. The van der Waals surface area contributed by atoms with Crippen LogP contribution in [0.1, 0.15) is 45.6 Å². The number of rotatable bonds is 8. The lowest BCUT2D eigenvalue weighted by Crippen LogP contribution is -2.45.